The van der Waals surface area contributed by atoms with Crippen LogP contribution in [0.5, 0.6) is 0 Å². The molecule has 2 aliphatic rings. The molecule has 0 saturated carbocycles. The van der Waals surface area contributed by atoms with Gasteiger partial charge in [-0.2, -0.15) is 0 Å². The van der Waals surface area contributed by atoms with E-state index in [0.717, 1.165) is 32.1 Å². The molecule has 1 aliphatic heterocycles. The maximum absolute atomic E-state index is 12.8. The third-order valence-electron chi connectivity index (χ3n) is 5.94. The number of fused-ring (bicyclic) bond motifs is 1. The Morgan fingerprint density at radius 3 is 2.81 bits per heavy atom. The Morgan fingerprint density at radius 1 is 1.26 bits per heavy atom. The van der Waals surface area contributed by atoms with Gasteiger partial charge >= 0.3 is 6.03 Å². The lowest BCUT2D eigenvalue weighted by Crippen LogP contribution is -2.50. The van der Waals surface area contributed by atoms with Crippen LogP contribution in [-0.2, 0) is 16.4 Å². The van der Waals surface area contributed by atoms with Gasteiger partial charge in [0.1, 0.15) is 0 Å². The molecular weight excluding hydrogens is 362 g/mol. The summed E-state index contributed by atoms with van der Waals surface area (Å²) in [6.07, 6.45) is 5.03. The van der Waals surface area contributed by atoms with E-state index in [2.05, 4.69) is 41.2 Å². The number of nitrogens with one attached hydrogen (secondary N) is 2. The van der Waals surface area contributed by atoms with Crippen molar-refractivity contribution in [3.63, 3.8) is 0 Å². The third-order valence-corrected chi connectivity index (χ3v) is 7.48. The summed E-state index contributed by atoms with van der Waals surface area (Å²) in [5, 5.41) is 3.18. The van der Waals surface area contributed by atoms with E-state index in [0.29, 0.717) is 19.0 Å². The van der Waals surface area contributed by atoms with Gasteiger partial charge in [0.2, 0.25) is 10.0 Å². The second kappa shape index (κ2) is 8.61. The number of aryl methyl sites for hydroxylation is 1. The van der Waals surface area contributed by atoms with Crippen LogP contribution in [0.3, 0.4) is 0 Å². The third kappa shape index (κ3) is 5.02. The molecule has 2 N–H and O–H groups in total. The lowest BCUT2D eigenvalue weighted by Gasteiger charge is -2.36. The van der Waals surface area contributed by atoms with Crippen LogP contribution in [0.4, 0.5) is 4.79 Å². The summed E-state index contributed by atoms with van der Waals surface area (Å²) >= 11 is 0. The standard InChI is InChI=1S/C20H31N3O3S/c1-15(18-11-5-9-17-8-3-4-10-19(17)18)22-20(24)23-12-6-7-16(13-23)14-27(25,26)21-2/h3-4,8,10,15-16,18,21H,5-7,9,11-14H2,1-2H3,(H,22,24)/t15-,16?,18?/m1/s1. The molecule has 1 heterocycles. The van der Waals surface area contributed by atoms with Crippen molar-refractivity contribution >= 4 is 16.1 Å². The Balaban J connectivity index is 1.60. The van der Waals surface area contributed by atoms with Gasteiger partial charge in [-0.1, -0.05) is 24.3 Å². The van der Waals surface area contributed by atoms with Crippen molar-refractivity contribution < 1.29 is 13.2 Å². The molecule has 2 amide bonds. The van der Waals surface area contributed by atoms with E-state index in [4.69, 9.17) is 0 Å². The van der Waals surface area contributed by atoms with Crippen LogP contribution in [0, 0.1) is 5.92 Å². The van der Waals surface area contributed by atoms with Crippen molar-refractivity contribution in [2.75, 3.05) is 25.9 Å². The molecular formula is C20H31N3O3S. The predicted octanol–water partition coefficient (Wildman–Crippen LogP) is 2.47. The number of carbonyl (C=O) groups excluding carboxylic acids is 1. The number of likely N-dealkylation sites (tertiary alicyclic amines) is 1. The summed E-state index contributed by atoms with van der Waals surface area (Å²) in [6, 6.07) is 8.51. The Labute approximate surface area is 162 Å². The number of amides is 2. The van der Waals surface area contributed by atoms with E-state index in [9.17, 15) is 13.2 Å². The largest absolute Gasteiger partial charge is 0.335 e. The zero-order valence-electron chi connectivity index (χ0n) is 16.3. The Bertz CT molecular complexity index is 765. The molecule has 3 rings (SSSR count). The zero-order chi connectivity index (χ0) is 19.4. The first-order valence-electron chi connectivity index (χ1n) is 9.94. The van der Waals surface area contributed by atoms with Gasteiger partial charge in [-0.05, 0) is 63.1 Å². The highest BCUT2D eigenvalue weighted by Gasteiger charge is 2.30. The fourth-order valence-corrected chi connectivity index (χ4v) is 5.54. The first-order chi connectivity index (χ1) is 12.9. The van der Waals surface area contributed by atoms with E-state index in [-0.39, 0.29) is 23.7 Å². The smallest absolute Gasteiger partial charge is 0.317 e. The summed E-state index contributed by atoms with van der Waals surface area (Å²) in [7, 11) is -1.81. The monoisotopic (exact) mass is 393 g/mol. The van der Waals surface area contributed by atoms with Crippen LogP contribution >= 0.6 is 0 Å². The first-order valence-corrected chi connectivity index (χ1v) is 11.6. The van der Waals surface area contributed by atoms with Crippen molar-refractivity contribution in [1.29, 1.82) is 0 Å². The van der Waals surface area contributed by atoms with Gasteiger partial charge in [-0.3, -0.25) is 0 Å². The van der Waals surface area contributed by atoms with Gasteiger partial charge in [0.15, 0.2) is 0 Å². The molecule has 2 unspecified atom stereocenters. The molecule has 1 aromatic rings. The molecule has 0 spiro atoms. The van der Waals surface area contributed by atoms with Gasteiger partial charge in [0.25, 0.3) is 0 Å². The molecule has 1 aliphatic carbocycles. The van der Waals surface area contributed by atoms with Gasteiger partial charge in [-0.15, -0.1) is 0 Å². The number of hydrogen-bond acceptors (Lipinski definition) is 3. The second-order valence-corrected chi connectivity index (χ2v) is 9.85. The molecule has 0 aromatic heterocycles. The molecule has 1 saturated heterocycles. The average molecular weight is 394 g/mol. The van der Waals surface area contributed by atoms with Crippen molar-refractivity contribution in [2.45, 2.75) is 51.0 Å². The SMILES string of the molecule is CNS(=O)(=O)CC1CCCN(C(=O)N[C@H](C)C2CCCc3ccccc32)C1. The summed E-state index contributed by atoms with van der Waals surface area (Å²) in [5.41, 5.74) is 2.75. The molecule has 6 nitrogen and oxygen atoms in total. The quantitative estimate of drug-likeness (QED) is 0.807. The zero-order valence-corrected chi connectivity index (χ0v) is 17.1. The van der Waals surface area contributed by atoms with Crippen LogP contribution in [0.2, 0.25) is 0 Å². The number of sulfonamides is 1. The Morgan fingerprint density at radius 2 is 2.04 bits per heavy atom. The number of carbonyl (C=O) groups is 1. The van der Waals surface area contributed by atoms with E-state index < -0.39 is 10.0 Å². The van der Waals surface area contributed by atoms with Gasteiger partial charge in [0.05, 0.1) is 5.75 Å². The topological polar surface area (TPSA) is 78.5 Å². The number of rotatable bonds is 5. The minimum absolute atomic E-state index is 0.00679. The van der Waals surface area contributed by atoms with Crippen LogP contribution in [0.25, 0.3) is 0 Å². The average Bonchev–Trinajstić information content (AvgIpc) is 2.67. The molecule has 1 fully saturated rings. The highest BCUT2D eigenvalue weighted by Crippen LogP contribution is 2.34. The molecule has 0 radical (unpaired) electrons. The molecule has 3 atom stereocenters. The molecule has 1 aromatic carbocycles. The van der Waals surface area contributed by atoms with E-state index >= 15 is 0 Å². The summed E-state index contributed by atoms with van der Waals surface area (Å²) in [6.45, 7) is 3.27. The lowest BCUT2D eigenvalue weighted by atomic mass is 9.79. The van der Waals surface area contributed by atoms with E-state index in [1.165, 1.54) is 18.2 Å². The van der Waals surface area contributed by atoms with Crippen molar-refractivity contribution in [3.05, 3.63) is 35.4 Å². The number of urea groups is 1. The number of piperidine rings is 1. The van der Waals surface area contributed by atoms with E-state index in [1.807, 2.05) is 0 Å². The highest BCUT2D eigenvalue weighted by atomic mass is 32.2. The van der Waals surface area contributed by atoms with Gasteiger partial charge in [0, 0.05) is 25.0 Å². The number of hydrogen-bond donors (Lipinski definition) is 2. The maximum Gasteiger partial charge on any atom is 0.317 e. The fourth-order valence-electron chi connectivity index (χ4n) is 4.48. The van der Waals surface area contributed by atoms with Crippen LogP contribution in [-0.4, -0.2) is 51.3 Å². The summed E-state index contributed by atoms with van der Waals surface area (Å²) in [4.78, 5) is 14.6. The van der Waals surface area contributed by atoms with Gasteiger partial charge < -0.3 is 10.2 Å². The van der Waals surface area contributed by atoms with Crippen molar-refractivity contribution in [2.24, 2.45) is 5.92 Å². The minimum Gasteiger partial charge on any atom is -0.335 e. The number of benzene rings is 1. The van der Waals surface area contributed by atoms with Crippen molar-refractivity contribution in [3.8, 4) is 0 Å². The second-order valence-electron chi connectivity index (χ2n) is 7.88. The van der Waals surface area contributed by atoms with E-state index in [1.54, 1.807) is 4.90 Å². The van der Waals surface area contributed by atoms with Crippen LogP contribution < -0.4 is 10.0 Å². The van der Waals surface area contributed by atoms with Crippen LogP contribution in [0.1, 0.15) is 49.7 Å². The maximum atomic E-state index is 12.8. The van der Waals surface area contributed by atoms with Crippen LogP contribution in [0.15, 0.2) is 24.3 Å². The minimum atomic E-state index is -3.25. The first kappa shape index (κ1) is 20.1. The lowest BCUT2D eigenvalue weighted by molar-refractivity contribution is 0.165. The molecule has 7 heteroatoms. The van der Waals surface area contributed by atoms with Gasteiger partial charge in [-0.25, -0.2) is 17.9 Å². The molecule has 150 valence electrons. The Kier molecular flexibility index (Phi) is 6.42. The fraction of sp³-hybridized carbons (Fsp3) is 0.650. The summed E-state index contributed by atoms with van der Waals surface area (Å²) < 4.78 is 26.0. The Hall–Kier alpha value is -1.60. The number of nitrogens with zero attached hydrogens (tertiary/aromatic N) is 1. The van der Waals surface area contributed by atoms with Crippen molar-refractivity contribution in [1.82, 2.24) is 14.9 Å². The predicted molar refractivity (Wildman–Crippen MR) is 107 cm³/mol. The normalized spacial score (nSPS) is 24.1. The molecule has 27 heavy (non-hydrogen) atoms. The summed E-state index contributed by atoms with van der Waals surface area (Å²) in [5.74, 6) is 0.413. The molecule has 0 bridgehead atoms. The highest BCUT2D eigenvalue weighted by molar-refractivity contribution is 7.89.